The van der Waals surface area contributed by atoms with Crippen LogP contribution < -0.4 is 0 Å². The van der Waals surface area contributed by atoms with Crippen molar-refractivity contribution in [1.82, 2.24) is 14.9 Å². The van der Waals surface area contributed by atoms with Crippen molar-refractivity contribution in [3.8, 4) is 0 Å². The maximum atomic E-state index is 11.8. The number of carbonyl (C=O) groups excluding carboxylic acids is 1. The minimum atomic E-state index is 0.00711. The summed E-state index contributed by atoms with van der Waals surface area (Å²) in [6.45, 7) is 3.13. The van der Waals surface area contributed by atoms with Crippen molar-refractivity contribution in [3.63, 3.8) is 0 Å². The molecule has 2 aromatic rings. The fraction of sp³-hybridized carbons (Fsp3) is 0.500. The van der Waals surface area contributed by atoms with Crippen LogP contribution in [0, 0.1) is 5.92 Å². The third-order valence-electron chi connectivity index (χ3n) is 4.59. The first-order valence-corrected chi connectivity index (χ1v) is 8.84. The van der Waals surface area contributed by atoms with Crippen molar-refractivity contribution < 1.29 is 9.21 Å². The highest BCUT2D eigenvalue weighted by molar-refractivity contribution is 6.29. The zero-order valence-electron chi connectivity index (χ0n) is 13.7. The summed E-state index contributed by atoms with van der Waals surface area (Å²) in [5, 5.41) is 0.539. The lowest BCUT2D eigenvalue weighted by molar-refractivity contribution is 0.0940. The van der Waals surface area contributed by atoms with E-state index in [0.717, 1.165) is 32.5 Å². The number of Topliss-reactive ketones (excluding diaryl/α,β-unsaturated/α-hetero) is 1. The Labute approximate surface area is 147 Å². The molecule has 0 atom stereocenters. The summed E-state index contributed by atoms with van der Waals surface area (Å²) >= 11 is 5.82. The van der Waals surface area contributed by atoms with Crippen LogP contribution in [0.15, 0.2) is 35.2 Å². The Morgan fingerprint density at radius 1 is 1.29 bits per heavy atom. The summed E-state index contributed by atoms with van der Waals surface area (Å²) in [6, 6.07) is 3.88. The van der Waals surface area contributed by atoms with Crippen LogP contribution >= 0.6 is 11.6 Å². The highest BCUT2D eigenvalue weighted by Crippen LogP contribution is 2.24. The fourth-order valence-corrected chi connectivity index (χ4v) is 3.32. The number of carbonyl (C=O) groups is 1. The van der Waals surface area contributed by atoms with E-state index in [1.807, 2.05) is 18.3 Å². The van der Waals surface area contributed by atoms with Gasteiger partial charge in [-0.25, -0.2) is 9.97 Å². The van der Waals surface area contributed by atoms with Gasteiger partial charge in [-0.3, -0.25) is 9.69 Å². The molecule has 0 radical (unpaired) electrons. The average molecular weight is 348 g/mol. The normalized spacial score (nSPS) is 16.4. The van der Waals surface area contributed by atoms with Gasteiger partial charge in [0.15, 0.2) is 0 Å². The van der Waals surface area contributed by atoms with Gasteiger partial charge in [0.1, 0.15) is 11.4 Å². The van der Waals surface area contributed by atoms with Crippen LogP contribution in [0.4, 0.5) is 0 Å². The lowest BCUT2D eigenvalue weighted by Crippen LogP contribution is -2.33. The van der Waals surface area contributed by atoms with Gasteiger partial charge in [-0.1, -0.05) is 17.7 Å². The summed E-state index contributed by atoms with van der Waals surface area (Å²) in [4.78, 5) is 22.3. The molecule has 128 valence electrons. The number of nitrogens with zero attached hydrogens (tertiary/aromatic N) is 3. The topological polar surface area (TPSA) is 59.2 Å². The van der Waals surface area contributed by atoms with Crippen LogP contribution in [0.3, 0.4) is 0 Å². The molecule has 0 saturated carbocycles. The molecular formula is C18H22ClN3O2. The predicted molar refractivity (Wildman–Crippen MR) is 91.9 cm³/mol. The standard InChI is InChI=1S/C18H22ClN3O2/c19-17-5-4-15(12-21-17)13-22-9-6-14(7-10-22)2-1-3-16(23)18-20-8-11-24-18/h4-5,8,11-12,14H,1-3,6-7,9-10,13H2. The zero-order chi connectivity index (χ0) is 16.8. The number of piperidine rings is 1. The van der Waals surface area contributed by atoms with Crippen LogP contribution in [0.1, 0.15) is 48.4 Å². The number of halogens is 1. The summed E-state index contributed by atoms with van der Waals surface area (Å²) in [5.74, 6) is 0.955. The summed E-state index contributed by atoms with van der Waals surface area (Å²) in [5.41, 5.74) is 1.20. The van der Waals surface area contributed by atoms with Crippen molar-refractivity contribution in [2.75, 3.05) is 13.1 Å². The Balaban J connectivity index is 1.34. The number of likely N-dealkylation sites (tertiary alicyclic amines) is 1. The molecule has 0 unspecified atom stereocenters. The monoisotopic (exact) mass is 347 g/mol. The second-order valence-electron chi connectivity index (χ2n) is 6.36. The van der Waals surface area contributed by atoms with Crippen LogP contribution in [0.25, 0.3) is 0 Å². The molecule has 0 spiro atoms. The number of aromatic nitrogens is 2. The average Bonchev–Trinajstić information content (AvgIpc) is 3.13. The van der Waals surface area contributed by atoms with Gasteiger partial charge in [-0.05, 0) is 56.3 Å². The van der Waals surface area contributed by atoms with Gasteiger partial charge < -0.3 is 4.42 Å². The molecule has 0 aromatic carbocycles. The summed E-state index contributed by atoms with van der Waals surface area (Å²) in [7, 11) is 0. The van der Waals surface area contributed by atoms with Gasteiger partial charge in [-0.15, -0.1) is 0 Å². The number of oxazole rings is 1. The molecule has 3 heterocycles. The molecule has 1 fully saturated rings. The van der Waals surface area contributed by atoms with Gasteiger partial charge in [0, 0.05) is 19.2 Å². The smallest absolute Gasteiger partial charge is 0.263 e. The molecule has 24 heavy (non-hydrogen) atoms. The molecule has 5 nitrogen and oxygen atoms in total. The van der Waals surface area contributed by atoms with Crippen molar-refractivity contribution in [2.45, 2.75) is 38.6 Å². The number of rotatable bonds is 7. The number of hydrogen-bond donors (Lipinski definition) is 0. The Kier molecular flexibility index (Phi) is 5.99. The van der Waals surface area contributed by atoms with Crippen LogP contribution in [-0.2, 0) is 6.54 Å². The van der Waals surface area contributed by atoms with E-state index in [1.165, 1.54) is 30.9 Å². The van der Waals surface area contributed by atoms with Crippen molar-refractivity contribution in [1.29, 1.82) is 0 Å². The zero-order valence-corrected chi connectivity index (χ0v) is 14.4. The van der Waals surface area contributed by atoms with E-state index >= 15 is 0 Å². The maximum absolute atomic E-state index is 11.8. The van der Waals surface area contributed by atoms with Crippen molar-refractivity contribution in [3.05, 3.63) is 47.4 Å². The van der Waals surface area contributed by atoms with Gasteiger partial charge in [0.2, 0.25) is 5.78 Å². The second kappa shape index (κ2) is 8.40. The lowest BCUT2D eigenvalue weighted by atomic mass is 9.91. The van der Waals surface area contributed by atoms with E-state index in [1.54, 1.807) is 0 Å². The van der Waals surface area contributed by atoms with E-state index < -0.39 is 0 Å². The molecule has 0 N–H and O–H groups in total. The largest absolute Gasteiger partial charge is 0.442 e. The van der Waals surface area contributed by atoms with Gasteiger partial charge in [0.25, 0.3) is 5.89 Å². The number of ketones is 1. The second-order valence-corrected chi connectivity index (χ2v) is 6.75. The quantitative estimate of drug-likeness (QED) is 0.560. The van der Waals surface area contributed by atoms with Crippen molar-refractivity contribution >= 4 is 17.4 Å². The summed E-state index contributed by atoms with van der Waals surface area (Å²) in [6.07, 6.45) is 9.72. The van der Waals surface area contributed by atoms with Crippen LogP contribution in [0.5, 0.6) is 0 Å². The van der Waals surface area contributed by atoms with Crippen LogP contribution in [-0.4, -0.2) is 33.7 Å². The minimum Gasteiger partial charge on any atom is -0.442 e. The van der Waals surface area contributed by atoms with Gasteiger partial charge >= 0.3 is 0 Å². The van der Waals surface area contributed by atoms with E-state index in [2.05, 4.69) is 14.9 Å². The molecule has 2 aromatic heterocycles. The number of pyridine rings is 1. The molecule has 6 heteroatoms. The molecule has 0 amide bonds. The first-order valence-electron chi connectivity index (χ1n) is 8.46. The Morgan fingerprint density at radius 3 is 2.79 bits per heavy atom. The molecule has 0 aliphatic carbocycles. The lowest BCUT2D eigenvalue weighted by Gasteiger charge is -2.31. The highest BCUT2D eigenvalue weighted by Gasteiger charge is 2.20. The Hall–Kier alpha value is -1.72. The van der Waals surface area contributed by atoms with Crippen molar-refractivity contribution in [2.24, 2.45) is 5.92 Å². The first kappa shape index (κ1) is 17.1. The number of hydrogen-bond acceptors (Lipinski definition) is 5. The van der Waals surface area contributed by atoms with E-state index in [-0.39, 0.29) is 11.7 Å². The Morgan fingerprint density at radius 2 is 2.12 bits per heavy atom. The molecule has 1 saturated heterocycles. The molecule has 3 rings (SSSR count). The minimum absolute atomic E-state index is 0.00711. The van der Waals surface area contributed by atoms with E-state index in [0.29, 0.717) is 17.5 Å². The Bertz CT molecular complexity index is 635. The van der Waals surface area contributed by atoms with E-state index in [4.69, 9.17) is 16.0 Å². The fourth-order valence-electron chi connectivity index (χ4n) is 3.21. The molecule has 0 bridgehead atoms. The maximum Gasteiger partial charge on any atom is 0.263 e. The first-order chi connectivity index (χ1) is 11.7. The summed E-state index contributed by atoms with van der Waals surface area (Å²) < 4.78 is 5.04. The van der Waals surface area contributed by atoms with E-state index in [9.17, 15) is 4.79 Å². The molecule has 1 aliphatic rings. The third-order valence-corrected chi connectivity index (χ3v) is 4.81. The van der Waals surface area contributed by atoms with Gasteiger partial charge in [0.05, 0.1) is 6.20 Å². The van der Waals surface area contributed by atoms with Gasteiger partial charge in [-0.2, -0.15) is 0 Å². The predicted octanol–water partition coefficient (Wildman–Crippen LogP) is 3.99. The highest BCUT2D eigenvalue weighted by atomic mass is 35.5. The SMILES string of the molecule is O=C(CCCC1CCN(Cc2ccc(Cl)nc2)CC1)c1ncco1. The molecular weight excluding hydrogens is 326 g/mol. The van der Waals surface area contributed by atoms with Crippen LogP contribution in [0.2, 0.25) is 5.15 Å². The third kappa shape index (κ3) is 4.89. The molecule has 1 aliphatic heterocycles.